The van der Waals surface area contributed by atoms with Crippen molar-refractivity contribution in [3.63, 3.8) is 0 Å². The molecule has 1 N–H and O–H groups in total. The van der Waals surface area contributed by atoms with Crippen LogP contribution in [0.4, 0.5) is 0 Å². The minimum atomic E-state index is 0.404. The molecule has 0 fully saturated rings. The molecule has 1 aromatic carbocycles. The molecule has 0 bridgehead atoms. The Hall–Kier alpha value is -2.40. The molecule has 0 unspecified atom stereocenters. The van der Waals surface area contributed by atoms with Gasteiger partial charge in [0.05, 0.1) is 13.7 Å². The number of benzene rings is 1. The standard InChI is InChI=1S/C15H17N3O2/c1-17-9-10-18(15(17)12-16-19)13-20-11-5-8-14-6-3-2-4-7-14/h2-10,12H,11,13H2,1H3/p+1/b8-5+. The number of aryl methyl sites for hydroxylation is 1. The van der Waals surface area contributed by atoms with Crippen LogP contribution in [0, 0.1) is 0 Å². The number of hydrogen-bond donors (Lipinski definition) is 1. The van der Waals surface area contributed by atoms with Gasteiger partial charge in [-0.3, -0.25) is 0 Å². The van der Waals surface area contributed by atoms with Crippen molar-refractivity contribution in [2.75, 3.05) is 6.61 Å². The molecular formula is C15H18N3O2+. The van der Waals surface area contributed by atoms with Crippen molar-refractivity contribution in [1.82, 2.24) is 4.57 Å². The lowest BCUT2D eigenvalue weighted by Gasteiger charge is -1.99. The highest BCUT2D eigenvalue weighted by Crippen LogP contribution is 2.01. The Kier molecular flexibility index (Phi) is 5.08. The maximum Gasteiger partial charge on any atom is 0.305 e. The van der Waals surface area contributed by atoms with E-state index in [1.165, 1.54) is 6.21 Å². The molecule has 1 heterocycles. The monoisotopic (exact) mass is 272 g/mol. The highest BCUT2D eigenvalue weighted by atomic mass is 16.5. The zero-order valence-electron chi connectivity index (χ0n) is 11.4. The van der Waals surface area contributed by atoms with Crippen molar-refractivity contribution in [1.29, 1.82) is 0 Å². The second-order valence-electron chi connectivity index (χ2n) is 4.29. The summed E-state index contributed by atoms with van der Waals surface area (Å²) in [6.07, 6.45) is 9.12. The number of imidazole rings is 1. The number of rotatable bonds is 6. The van der Waals surface area contributed by atoms with Gasteiger partial charge in [0.2, 0.25) is 0 Å². The maximum atomic E-state index is 8.61. The quantitative estimate of drug-likeness (QED) is 0.287. The van der Waals surface area contributed by atoms with E-state index in [0.717, 1.165) is 11.4 Å². The Balaban J connectivity index is 1.83. The summed E-state index contributed by atoms with van der Waals surface area (Å²) in [5.41, 5.74) is 1.15. The van der Waals surface area contributed by atoms with E-state index >= 15 is 0 Å². The Bertz CT molecular complexity index is 588. The van der Waals surface area contributed by atoms with E-state index in [1.54, 1.807) is 0 Å². The van der Waals surface area contributed by atoms with Gasteiger partial charge in [-0.05, 0) is 5.56 Å². The number of ether oxygens (including phenoxy) is 1. The van der Waals surface area contributed by atoms with E-state index in [0.29, 0.717) is 13.3 Å². The summed E-state index contributed by atoms with van der Waals surface area (Å²) in [4.78, 5) is 0. The number of aromatic nitrogens is 2. The second kappa shape index (κ2) is 7.25. The van der Waals surface area contributed by atoms with Crippen molar-refractivity contribution in [2.24, 2.45) is 12.2 Å². The van der Waals surface area contributed by atoms with Crippen LogP contribution in [0.5, 0.6) is 0 Å². The largest absolute Gasteiger partial charge is 0.411 e. The van der Waals surface area contributed by atoms with Crippen LogP contribution in [-0.2, 0) is 18.5 Å². The molecule has 20 heavy (non-hydrogen) atoms. The summed E-state index contributed by atoms with van der Waals surface area (Å²) in [6.45, 7) is 0.924. The van der Waals surface area contributed by atoms with Crippen LogP contribution in [-0.4, -0.2) is 22.6 Å². The van der Waals surface area contributed by atoms with Gasteiger partial charge >= 0.3 is 5.82 Å². The van der Waals surface area contributed by atoms with Crippen LogP contribution >= 0.6 is 0 Å². The maximum absolute atomic E-state index is 8.61. The summed E-state index contributed by atoms with van der Waals surface area (Å²) in [5, 5.41) is 11.7. The number of nitrogens with zero attached hydrogens (tertiary/aromatic N) is 3. The summed E-state index contributed by atoms with van der Waals surface area (Å²) >= 11 is 0. The van der Waals surface area contributed by atoms with Crippen LogP contribution in [0.1, 0.15) is 11.4 Å². The SMILES string of the molecule is C[n+]1ccn(COC/C=C/c2ccccc2)c1/C=N/O. The zero-order chi connectivity index (χ0) is 14.2. The van der Waals surface area contributed by atoms with Crippen molar-refractivity contribution < 1.29 is 14.5 Å². The lowest BCUT2D eigenvalue weighted by atomic mass is 10.2. The lowest BCUT2D eigenvalue weighted by Crippen LogP contribution is -2.32. The van der Waals surface area contributed by atoms with Crippen LogP contribution in [0.2, 0.25) is 0 Å². The predicted molar refractivity (Wildman–Crippen MR) is 76.4 cm³/mol. The first kappa shape index (κ1) is 14.0. The van der Waals surface area contributed by atoms with Gasteiger partial charge < -0.3 is 9.94 Å². The third-order valence-electron chi connectivity index (χ3n) is 2.85. The van der Waals surface area contributed by atoms with Crippen LogP contribution in [0.25, 0.3) is 6.08 Å². The molecule has 2 aromatic rings. The molecule has 5 nitrogen and oxygen atoms in total. The molecule has 5 heteroatoms. The average molecular weight is 272 g/mol. The van der Waals surface area contributed by atoms with Gasteiger partial charge in [-0.25, -0.2) is 9.13 Å². The molecule has 2 rings (SSSR count). The Morgan fingerprint density at radius 3 is 2.90 bits per heavy atom. The summed E-state index contributed by atoms with van der Waals surface area (Å²) in [6, 6.07) is 10.1. The van der Waals surface area contributed by atoms with E-state index in [9.17, 15) is 0 Å². The Morgan fingerprint density at radius 2 is 2.15 bits per heavy atom. The van der Waals surface area contributed by atoms with E-state index in [1.807, 2.05) is 71.1 Å². The first-order valence-corrected chi connectivity index (χ1v) is 6.33. The summed E-state index contributed by atoms with van der Waals surface area (Å²) < 4.78 is 9.27. The fourth-order valence-electron chi connectivity index (χ4n) is 1.83. The van der Waals surface area contributed by atoms with Gasteiger partial charge in [0.15, 0.2) is 12.9 Å². The molecule has 1 aromatic heterocycles. The fraction of sp³-hybridized carbons (Fsp3) is 0.200. The van der Waals surface area contributed by atoms with Gasteiger partial charge in [-0.2, -0.15) is 0 Å². The van der Waals surface area contributed by atoms with Crippen molar-refractivity contribution in [3.8, 4) is 0 Å². The second-order valence-corrected chi connectivity index (χ2v) is 4.29. The van der Waals surface area contributed by atoms with Gasteiger partial charge in [-0.15, -0.1) is 0 Å². The van der Waals surface area contributed by atoms with Crippen molar-refractivity contribution in [3.05, 3.63) is 60.2 Å². The van der Waals surface area contributed by atoms with E-state index in [-0.39, 0.29) is 0 Å². The first-order valence-electron chi connectivity index (χ1n) is 6.33. The molecule has 0 amide bonds. The topological polar surface area (TPSA) is 50.6 Å². The summed E-state index contributed by atoms with van der Waals surface area (Å²) in [7, 11) is 1.88. The zero-order valence-corrected chi connectivity index (χ0v) is 11.4. The number of hydrogen-bond acceptors (Lipinski definition) is 3. The molecule has 104 valence electrons. The smallest absolute Gasteiger partial charge is 0.305 e. The van der Waals surface area contributed by atoms with Crippen LogP contribution in [0.15, 0.2) is 54.0 Å². The van der Waals surface area contributed by atoms with Crippen LogP contribution < -0.4 is 4.57 Å². The highest BCUT2D eigenvalue weighted by Gasteiger charge is 2.11. The Labute approximate surface area is 118 Å². The van der Waals surface area contributed by atoms with Gasteiger partial charge in [-0.1, -0.05) is 47.6 Å². The predicted octanol–water partition coefficient (Wildman–Crippen LogP) is 1.81. The normalized spacial score (nSPS) is 11.7. The van der Waals surface area contributed by atoms with Crippen LogP contribution in [0.3, 0.4) is 0 Å². The molecule has 0 atom stereocenters. The van der Waals surface area contributed by atoms with Gasteiger partial charge in [0.25, 0.3) is 0 Å². The highest BCUT2D eigenvalue weighted by molar-refractivity contribution is 5.72. The van der Waals surface area contributed by atoms with Gasteiger partial charge in [0.1, 0.15) is 12.4 Å². The Morgan fingerprint density at radius 1 is 1.35 bits per heavy atom. The van der Waals surface area contributed by atoms with E-state index in [4.69, 9.17) is 9.94 Å². The summed E-state index contributed by atoms with van der Waals surface area (Å²) in [5.74, 6) is 0.763. The fourth-order valence-corrected chi connectivity index (χ4v) is 1.83. The molecule has 0 radical (unpaired) electrons. The molecule has 0 spiro atoms. The van der Waals surface area contributed by atoms with Crippen molar-refractivity contribution in [2.45, 2.75) is 6.73 Å². The number of oxime groups is 1. The average Bonchev–Trinajstić information content (AvgIpc) is 2.81. The molecule has 0 aliphatic rings. The molecular weight excluding hydrogens is 254 g/mol. The minimum Gasteiger partial charge on any atom is -0.411 e. The minimum absolute atomic E-state index is 0.404. The van der Waals surface area contributed by atoms with E-state index in [2.05, 4.69) is 5.16 Å². The molecule has 0 saturated carbocycles. The van der Waals surface area contributed by atoms with Gasteiger partial charge in [0, 0.05) is 0 Å². The third-order valence-corrected chi connectivity index (χ3v) is 2.85. The third kappa shape index (κ3) is 3.80. The first-order chi connectivity index (χ1) is 9.81. The molecule has 0 saturated heterocycles. The molecule has 0 aliphatic carbocycles. The lowest BCUT2D eigenvalue weighted by molar-refractivity contribution is -0.672. The molecule has 0 aliphatic heterocycles. The van der Waals surface area contributed by atoms with E-state index < -0.39 is 0 Å². The van der Waals surface area contributed by atoms with Crippen molar-refractivity contribution >= 4 is 12.3 Å².